The average Bonchev–Trinajstić information content (AvgIpc) is 2.54. The molecule has 1 N–H and O–H groups in total. The van der Waals surface area contributed by atoms with Crippen LogP contribution in [0.5, 0.6) is 0 Å². The maximum Gasteiger partial charge on any atom is 0.0854 e. The number of ether oxygens (including phenoxy) is 1. The fourth-order valence-corrected chi connectivity index (χ4v) is 3.11. The van der Waals surface area contributed by atoms with Crippen molar-refractivity contribution in [2.75, 3.05) is 25.1 Å². The minimum Gasteiger partial charge on any atom is -0.390 e. The number of pyridine rings is 1. The van der Waals surface area contributed by atoms with Crippen molar-refractivity contribution in [2.45, 2.75) is 26.1 Å². The molecule has 1 aliphatic heterocycles. The first-order valence-corrected chi connectivity index (χ1v) is 7.50. The minimum absolute atomic E-state index is 0.0320. The normalized spacial score (nSPS) is 22.7. The molecule has 112 valence electrons. The first kappa shape index (κ1) is 14.3. The maximum absolute atomic E-state index is 9.45. The highest BCUT2D eigenvalue weighted by atomic mass is 16.5. The van der Waals surface area contributed by atoms with Crippen molar-refractivity contribution in [1.29, 1.82) is 0 Å². The molecule has 2 heterocycles. The molecule has 4 heteroatoms. The summed E-state index contributed by atoms with van der Waals surface area (Å²) >= 11 is 0. The molecular formula is C17H22N2O2. The third-order valence-corrected chi connectivity index (χ3v) is 4.44. The van der Waals surface area contributed by atoms with Gasteiger partial charge in [0.25, 0.3) is 0 Å². The molecule has 2 unspecified atom stereocenters. The predicted molar refractivity (Wildman–Crippen MR) is 84.5 cm³/mol. The van der Waals surface area contributed by atoms with Crippen LogP contribution in [0.4, 0.5) is 5.69 Å². The van der Waals surface area contributed by atoms with Gasteiger partial charge in [-0.15, -0.1) is 0 Å². The van der Waals surface area contributed by atoms with E-state index in [1.165, 1.54) is 0 Å². The topological polar surface area (TPSA) is 45.6 Å². The summed E-state index contributed by atoms with van der Waals surface area (Å²) in [6.07, 6.45) is 1.37. The Labute approximate surface area is 125 Å². The van der Waals surface area contributed by atoms with Crippen molar-refractivity contribution in [3.05, 3.63) is 36.0 Å². The van der Waals surface area contributed by atoms with E-state index in [-0.39, 0.29) is 12.7 Å². The maximum atomic E-state index is 9.45. The fraction of sp³-hybridized carbons (Fsp3) is 0.471. The number of piperidine rings is 1. The van der Waals surface area contributed by atoms with Gasteiger partial charge in [-0.2, -0.15) is 0 Å². The lowest BCUT2D eigenvalue weighted by Crippen LogP contribution is -2.44. The molecule has 4 nitrogen and oxygen atoms in total. The summed E-state index contributed by atoms with van der Waals surface area (Å²) in [5.41, 5.74) is 2.81. The number of methoxy groups -OCH3 is 1. The molecule has 1 aromatic heterocycles. The molecule has 1 saturated heterocycles. The minimum atomic E-state index is -0.0320. The van der Waals surface area contributed by atoms with Crippen molar-refractivity contribution in [1.82, 2.24) is 4.98 Å². The van der Waals surface area contributed by atoms with E-state index in [1.807, 2.05) is 24.3 Å². The van der Waals surface area contributed by atoms with Crippen LogP contribution in [0, 0.1) is 5.92 Å². The Morgan fingerprint density at radius 3 is 2.95 bits per heavy atom. The predicted octanol–water partition coefficient (Wildman–Crippen LogP) is 2.59. The van der Waals surface area contributed by atoms with Gasteiger partial charge < -0.3 is 14.7 Å². The van der Waals surface area contributed by atoms with Crippen LogP contribution in [-0.4, -0.2) is 36.4 Å². The summed E-state index contributed by atoms with van der Waals surface area (Å²) in [4.78, 5) is 6.85. The molecule has 0 saturated carbocycles. The zero-order valence-corrected chi connectivity index (χ0v) is 12.6. The molecule has 0 aliphatic carbocycles. The molecule has 1 aliphatic rings. The van der Waals surface area contributed by atoms with Crippen molar-refractivity contribution < 1.29 is 9.84 Å². The molecule has 2 aromatic rings. The smallest absolute Gasteiger partial charge is 0.0854 e. The zero-order chi connectivity index (χ0) is 14.8. The molecule has 0 spiro atoms. The number of para-hydroxylation sites is 1. The van der Waals surface area contributed by atoms with E-state index in [4.69, 9.17) is 4.74 Å². The number of hydrogen-bond acceptors (Lipinski definition) is 4. The summed E-state index contributed by atoms with van der Waals surface area (Å²) < 4.78 is 5.62. The number of rotatable bonds is 3. The molecule has 0 bridgehead atoms. The number of nitrogens with zero attached hydrogens (tertiary/aromatic N) is 2. The van der Waals surface area contributed by atoms with Crippen LogP contribution >= 0.6 is 0 Å². The summed E-state index contributed by atoms with van der Waals surface area (Å²) in [6.45, 7) is 4.11. The summed E-state index contributed by atoms with van der Waals surface area (Å²) in [5, 5.41) is 10.6. The Kier molecular flexibility index (Phi) is 4.08. The Hall–Kier alpha value is -1.65. The number of fused-ring (bicyclic) bond motifs is 1. The third-order valence-electron chi connectivity index (χ3n) is 4.44. The van der Waals surface area contributed by atoms with E-state index in [2.05, 4.69) is 22.9 Å². The second-order valence-corrected chi connectivity index (χ2v) is 5.79. The number of aliphatic hydroxyl groups excluding tert-OH is 1. The number of anilines is 1. The number of aromatic nitrogens is 1. The van der Waals surface area contributed by atoms with Crippen LogP contribution in [0.2, 0.25) is 0 Å². The standard InChI is InChI=1S/C17H22N2O2/c1-12-7-8-19(10-17(12)21-2)16-9-13(11-20)18-15-6-4-3-5-14(15)16/h3-6,9,12,17,20H,7-8,10-11H2,1-2H3. The monoisotopic (exact) mass is 286 g/mol. The Balaban J connectivity index is 2.02. The first-order valence-electron chi connectivity index (χ1n) is 7.50. The van der Waals surface area contributed by atoms with Crippen LogP contribution < -0.4 is 4.90 Å². The van der Waals surface area contributed by atoms with Crippen molar-refractivity contribution in [2.24, 2.45) is 5.92 Å². The van der Waals surface area contributed by atoms with Crippen LogP contribution in [-0.2, 0) is 11.3 Å². The van der Waals surface area contributed by atoms with Gasteiger partial charge >= 0.3 is 0 Å². The van der Waals surface area contributed by atoms with Gasteiger partial charge in [0.1, 0.15) is 0 Å². The Morgan fingerprint density at radius 1 is 1.38 bits per heavy atom. The van der Waals surface area contributed by atoms with Gasteiger partial charge in [-0.25, -0.2) is 0 Å². The lowest BCUT2D eigenvalue weighted by atomic mass is 9.95. The third kappa shape index (κ3) is 2.74. The highest BCUT2D eigenvalue weighted by Crippen LogP contribution is 2.31. The highest BCUT2D eigenvalue weighted by Gasteiger charge is 2.27. The van der Waals surface area contributed by atoms with Crippen molar-refractivity contribution >= 4 is 16.6 Å². The van der Waals surface area contributed by atoms with Gasteiger partial charge in [0.2, 0.25) is 0 Å². The Bertz CT molecular complexity index is 629. The summed E-state index contributed by atoms with van der Waals surface area (Å²) in [5.74, 6) is 0.580. The zero-order valence-electron chi connectivity index (χ0n) is 12.6. The first-order chi connectivity index (χ1) is 10.2. The molecule has 1 aromatic carbocycles. The molecule has 21 heavy (non-hydrogen) atoms. The number of hydrogen-bond donors (Lipinski definition) is 1. The lowest BCUT2D eigenvalue weighted by molar-refractivity contribution is 0.0499. The molecule has 3 rings (SSSR count). The van der Waals surface area contributed by atoms with Gasteiger partial charge in [0.05, 0.1) is 23.9 Å². The molecule has 0 radical (unpaired) electrons. The second-order valence-electron chi connectivity index (χ2n) is 5.79. The van der Waals surface area contributed by atoms with Crippen molar-refractivity contribution in [3.8, 4) is 0 Å². The van der Waals surface area contributed by atoms with Crippen LogP contribution in [0.15, 0.2) is 30.3 Å². The average molecular weight is 286 g/mol. The van der Waals surface area contributed by atoms with Gasteiger partial charge in [0.15, 0.2) is 0 Å². The van der Waals surface area contributed by atoms with E-state index in [0.717, 1.165) is 41.8 Å². The summed E-state index contributed by atoms with van der Waals surface area (Å²) in [6, 6.07) is 10.1. The van der Waals surface area contributed by atoms with E-state index < -0.39 is 0 Å². The lowest BCUT2D eigenvalue weighted by Gasteiger charge is -2.38. The van der Waals surface area contributed by atoms with Gasteiger partial charge in [-0.1, -0.05) is 25.1 Å². The second kappa shape index (κ2) is 6.00. The van der Waals surface area contributed by atoms with Gasteiger partial charge in [0, 0.05) is 31.3 Å². The highest BCUT2D eigenvalue weighted by molar-refractivity contribution is 5.92. The number of benzene rings is 1. The van der Waals surface area contributed by atoms with Crippen LogP contribution in [0.25, 0.3) is 10.9 Å². The van der Waals surface area contributed by atoms with Gasteiger partial charge in [-0.3, -0.25) is 4.98 Å². The quantitative estimate of drug-likeness (QED) is 0.942. The fourth-order valence-electron chi connectivity index (χ4n) is 3.11. The van der Waals surface area contributed by atoms with E-state index >= 15 is 0 Å². The molecule has 1 fully saturated rings. The van der Waals surface area contributed by atoms with Crippen LogP contribution in [0.3, 0.4) is 0 Å². The van der Waals surface area contributed by atoms with E-state index in [0.29, 0.717) is 5.92 Å². The van der Waals surface area contributed by atoms with Gasteiger partial charge in [-0.05, 0) is 24.5 Å². The molecule has 2 atom stereocenters. The number of aliphatic hydroxyl groups is 1. The largest absolute Gasteiger partial charge is 0.390 e. The summed E-state index contributed by atoms with van der Waals surface area (Å²) in [7, 11) is 1.79. The Morgan fingerprint density at radius 2 is 2.19 bits per heavy atom. The van der Waals surface area contributed by atoms with Crippen molar-refractivity contribution in [3.63, 3.8) is 0 Å². The van der Waals surface area contributed by atoms with Crippen LogP contribution in [0.1, 0.15) is 19.0 Å². The molecule has 0 amide bonds. The SMILES string of the molecule is COC1CN(c2cc(CO)nc3ccccc23)CCC1C. The van der Waals surface area contributed by atoms with E-state index in [9.17, 15) is 5.11 Å². The van der Waals surface area contributed by atoms with E-state index in [1.54, 1.807) is 7.11 Å². The molecular weight excluding hydrogens is 264 g/mol.